The lowest BCUT2D eigenvalue weighted by molar-refractivity contribution is 0.505. The summed E-state index contributed by atoms with van der Waals surface area (Å²) in [6, 6.07) is 7.74. The zero-order valence-corrected chi connectivity index (χ0v) is 11.0. The summed E-state index contributed by atoms with van der Waals surface area (Å²) in [7, 11) is -0.368. The molecule has 1 aromatic carbocycles. The highest BCUT2D eigenvalue weighted by Crippen LogP contribution is 2.05. The van der Waals surface area contributed by atoms with E-state index >= 15 is 0 Å². The van der Waals surface area contributed by atoms with Crippen molar-refractivity contribution in [3.8, 4) is 0 Å². The van der Waals surface area contributed by atoms with Crippen molar-refractivity contribution in [2.45, 2.75) is 13.0 Å². The van der Waals surface area contributed by atoms with Crippen LogP contribution < -0.4 is 10.5 Å². The van der Waals surface area contributed by atoms with E-state index in [0.29, 0.717) is 13.1 Å². The number of hydrogen-bond acceptors (Lipinski definition) is 3. The highest BCUT2D eigenvalue weighted by molar-refractivity contribution is 7.87. The van der Waals surface area contributed by atoms with Gasteiger partial charge >= 0.3 is 0 Å². The predicted molar refractivity (Wildman–Crippen MR) is 68.6 cm³/mol. The summed E-state index contributed by atoms with van der Waals surface area (Å²) in [6.45, 7) is 0.913. The predicted octanol–water partition coefficient (Wildman–Crippen LogP) is 0.0838. The van der Waals surface area contributed by atoms with Crippen molar-refractivity contribution < 1.29 is 8.42 Å². The van der Waals surface area contributed by atoms with Crippen LogP contribution in [0.5, 0.6) is 0 Å². The molecule has 0 atom stereocenters. The number of nitrogens with two attached hydrogens (primary N) is 1. The molecule has 96 valence electrons. The molecule has 1 aromatic rings. The van der Waals surface area contributed by atoms with Gasteiger partial charge in [-0.15, -0.1) is 0 Å². The van der Waals surface area contributed by atoms with E-state index in [2.05, 4.69) is 4.72 Å². The second-order valence-electron chi connectivity index (χ2n) is 3.96. The second-order valence-corrected chi connectivity index (χ2v) is 5.93. The zero-order valence-electron chi connectivity index (χ0n) is 10.2. The van der Waals surface area contributed by atoms with Gasteiger partial charge in [0.2, 0.25) is 0 Å². The molecule has 0 radical (unpaired) electrons. The maximum atomic E-state index is 11.5. The van der Waals surface area contributed by atoms with Gasteiger partial charge in [-0.2, -0.15) is 17.4 Å². The van der Waals surface area contributed by atoms with Crippen molar-refractivity contribution in [1.29, 1.82) is 0 Å². The Morgan fingerprint density at radius 2 is 1.71 bits per heavy atom. The quantitative estimate of drug-likeness (QED) is 0.758. The number of benzene rings is 1. The molecular formula is C11H19N3O2S. The normalized spacial score (nSPS) is 12.0. The van der Waals surface area contributed by atoms with E-state index in [4.69, 9.17) is 5.73 Å². The molecule has 0 bridgehead atoms. The number of rotatable bonds is 6. The lowest BCUT2D eigenvalue weighted by Gasteiger charge is -2.12. The van der Waals surface area contributed by atoms with E-state index in [1.165, 1.54) is 14.1 Å². The summed E-state index contributed by atoms with van der Waals surface area (Å²) in [5.41, 5.74) is 7.54. The van der Waals surface area contributed by atoms with Crippen molar-refractivity contribution in [3.63, 3.8) is 0 Å². The molecule has 0 unspecified atom stereocenters. The highest BCUT2D eigenvalue weighted by atomic mass is 32.2. The van der Waals surface area contributed by atoms with Crippen LogP contribution >= 0.6 is 0 Å². The Balaban J connectivity index is 2.59. The summed E-state index contributed by atoms with van der Waals surface area (Å²) in [5.74, 6) is 0. The van der Waals surface area contributed by atoms with Gasteiger partial charge in [-0.1, -0.05) is 24.3 Å². The van der Waals surface area contributed by atoms with E-state index in [1.54, 1.807) is 0 Å². The van der Waals surface area contributed by atoms with Crippen LogP contribution in [-0.4, -0.2) is 33.4 Å². The first kappa shape index (κ1) is 14.1. The largest absolute Gasteiger partial charge is 0.330 e. The van der Waals surface area contributed by atoms with Crippen LogP contribution in [0.3, 0.4) is 0 Å². The van der Waals surface area contributed by atoms with E-state index < -0.39 is 10.2 Å². The van der Waals surface area contributed by atoms with Gasteiger partial charge in [0.05, 0.1) is 0 Å². The summed E-state index contributed by atoms with van der Waals surface area (Å²) in [6.07, 6.45) is 0.837. The van der Waals surface area contributed by atoms with Gasteiger partial charge in [0.25, 0.3) is 10.2 Å². The fourth-order valence-electron chi connectivity index (χ4n) is 1.29. The average molecular weight is 257 g/mol. The van der Waals surface area contributed by atoms with Gasteiger partial charge < -0.3 is 5.73 Å². The lowest BCUT2D eigenvalue weighted by Crippen LogP contribution is -2.35. The fourth-order valence-corrected chi connectivity index (χ4v) is 1.90. The van der Waals surface area contributed by atoms with Gasteiger partial charge in [0, 0.05) is 20.6 Å². The van der Waals surface area contributed by atoms with Crippen LogP contribution in [-0.2, 0) is 23.2 Å². The van der Waals surface area contributed by atoms with Crippen LogP contribution in [0, 0.1) is 0 Å². The molecule has 0 heterocycles. The minimum atomic E-state index is -3.35. The molecule has 6 heteroatoms. The lowest BCUT2D eigenvalue weighted by atomic mass is 10.1. The maximum Gasteiger partial charge on any atom is 0.279 e. The van der Waals surface area contributed by atoms with Gasteiger partial charge in [-0.3, -0.25) is 0 Å². The molecule has 17 heavy (non-hydrogen) atoms. The molecule has 5 nitrogen and oxygen atoms in total. The number of nitrogens with zero attached hydrogens (tertiary/aromatic N) is 1. The smallest absolute Gasteiger partial charge is 0.279 e. The molecule has 0 aliphatic rings. The third-order valence-corrected chi connectivity index (χ3v) is 3.87. The Hall–Kier alpha value is -0.950. The summed E-state index contributed by atoms with van der Waals surface area (Å²) >= 11 is 0. The first-order valence-electron chi connectivity index (χ1n) is 5.40. The fraction of sp³-hybridized carbons (Fsp3) is 0.455. The third kappa shape index (κ3) is 4.43. The molecule has 0 saturated heterocycles. The molecular weight excluding hydrogens is 238 g/mol. The van der Waals surface area contributed by atoms with Gasteiger partial charge in [-0.05, 0) is 24.1 Å². The van der Waals surface area contributed by atoms with Crippen LogP contribution in [0.1, 0.15) is 11.1 Å². The van der Waals surface area contributed by atoms with Crippen molar-refractivity contribution in [3.05, 3.63) is 35.4 Å². The molecule has 3 N–H and O–H groups in total. The highest BCUT2D eigenvalue weighted by Gasteiger charge is 2.11. The first-order chi connectivity index (χ1) is 7.95. The average Bonchev–Trinajstić information content (AvgIpc) is 2.28. The molecule has 0 aromatic heterocycles. The van der Waals surface area contributed by atoms with E-state index in [-0.39, 0.29) is 0 Å². The van der Waals surface area contributed by atoms with Crippen molar-refractivity contribution in [2.75, 3.05) is 20.6 Å². The van der Waals surface area contributed by atoms with Crippen molar-refractivity contribution in [2.24, 2.45) is 5.73 Å². The summed E-state index contributed by atoms with van der Waals surface area (Å²) < 4.78 is 26.6. The zero-order chi connectivity index (χ0) is 12.9. The minimum absolute atomic E-state index is 0.295. The molecule has 1 rings (SSSR count). The van der Waals surface area contributed by atoms with Crippen molar-refractivity contribution >= 4 is 10.2 Å². The van der Waals surface area contributed by atoms with E-state index in [9.17, 15) is 8.42 Å². The molecule has 0 fully saturated rings. The van der Waals surface area contributed by atoms with Gasteiger partial charge in [0.1, 0.15) is 0 Å². The second kappa shape index (κ2) is 6.11. The Labute approximate surface area is 103 Å². The van der Waals surface area contributed by atoms with Crippen molar-refractivity contribution in [1.82, 2.24) is 9.03 Å². The van der Waals surface area contributed by atoms with Crippen LogP contribution in [0.15, 0.2) is 24.3 Å². The third-order valence-electron chi connectivity index (χ3n) is 2.40. The minimum Gasteiger partial charge on any atom is -0.330 e. The standard InChI is InChI=1S/C11H19N3O2S/c1-14(2)17(15,16)13-9-11-5-3-10(4-6-11)7-8-12/h3-6,13H,7-9,12H2,1-2H3. The SMILES string of the molecule is CN(C)S(=O)(=O)NCc1ccc(CCN)cc1. The molecule has 0 aliphatic carbocycles. The number of nitrogens with one attached hydrogen (secondary N) is 1. The Morgan fingerprint density at radius 1 is 1.18 bits per heavy atom. The summed E-state index contributed by atoms with van der Waals surface area (Å²) in [4.78, 5) is 0. The molecule has 0 amide bonds. The van der Waals surface area contributed by atoms with E-state index in [1.807, 2.05) is 24.3 Å². The van der Waals surface area contributed by atoms with Crippen LogP contribution in [0.25, 0.3) is 0 Å². The number of hydrogen-bond donors (Lipinski definition) is 2. The van der Waals surface area contributed by atoms with Gasteiger partial charge in [-0.25, -0.2) is 0 Å². The first-order valence-corrected chi connectivity index (χ1v) is 6.84. The molecule has 0 saturated carbocycles. The van der Waals surface area contributed by atoms with E-state index in [0.717, 1.165) is 21.9 Å². The monoisotopic (exact) mass is 257 g/mol. The molecule has 0 spiro atoms. The van der Waals surface area contributed by atoms with Crippen LogP contribution in [0.4, 0.5) is 0 Å². The Bertz CT molecular complexity index is 440. The Kier molecular flexibility index (Phi) is 5.07. The summed E-state index contributed by atoms with van der Waals surface area (Å²) in [5, 5.41) is 0. The van der Waals surface area contributed by atoms with Crippen LogP contribution in [0.2, 0.25) is 0 Å². The maximum absolute atomic E-state index is 11.5. The van der Waals surface area contributed by atoms with Gasteiger partial charge in [0.15, 0.2) is 0 Å². The Morgan fingerprint density at radius 3 is 2.18 bits per heavy atom. The molecule has 0 aliphatic heterocycles. The topological polar surface area (TPSA) is 75.4 Å².